The van der Waals surface area contributed by atoms with Crippen molar-refractivity contribution in [3.05, 3.63) is 36.3 Å². The third kappa shape index (κ3) is 2.38. The second kappa shape index (κ2) is 4.68. The van der Waals surface area contributed by atoms with Crippen molar-refractivity contribution < 1.29 is 10.2 Å². The van der Waals surface area contributed by atoms with E-state index in [1.807, 2.05) is 13.8 Å². The molecule has 0 unspecified atom stereocenters. The smallest absolute Gasteiger partial charge is 0.289 e. The number of aromatic nitrogens is 3. The molecular formula is C12H14ClN3O2. The van der Waals surface area contributed by atoms with Crippen LogP contribution < -0.4 is 0 Å². The van der Waals surface area contributed by atoms with E-state index in [4.69, 9.17) is 11.6 Å². The summed E-state index contributed by atoms with van der Waals surface area (Å²) in [7, 11) is 0. The molecule has 96 valence electrons. The highest BCUT2D eigenvalue weighted by Crippen LogP contribution is 2.31. The summed E-state index contributed by atoms with van der Waals surface area (Å²) in [6.45, 7) is 3.97. The van der Waals surface area contributed by atoms with E-state index in [2.05, 4.69) is 10.1 Å². The standard InChI is InChI=1S/C12H14ClN3O2/c1-8(2)16-10(5-7-15-16)9-4-3-6-14-11(9)12(13,17)18/h3-8,17-18H,1-2H3. The van der Waals surface area contributed by atoms with Gasteiger partial charge in [0.05, 0.1) is 5.69 Å². The van der Waals surface area contributed by atoms with Crippen molar-refractivity contribution in [1.29, 1.82) is 0 Å². The Bertz CT molecular complexity index is 546. The molecule has 2 N–H and O–H groups in total. The van der Waals surface area contributed by atoms with Gasteiger partial charge in [0.1, 0.15) is 5.69 Å². The van der Waals surface area contributed by atoms with Gasteiger partial charge in [-0.1, -0.05) is 11.6 Å². The van der Waals surface area contributed by atoms with Crippen LogP contribution in [0.5, 0.6) is 0 Å². The highest BCUT2D eigenvalue weighted by atomic mass is 35.5. The zero-order chi connectivity index (χ0) is 13.3. The molecule has 0 aliphatic heterocycles. The van der Waals surface area contributed by atoms with Crippen molar-refractivity contribution in [1.82, 2.24) is 14.8 Å². The minimum absolute atomic E-state index is 0.00549. The molecule has 2 heterocycles. The van der Waals surface area contributed by atoms with Crippen LogP contribution in [0.1, 0.15) is 25.6 Å². The zero-order valence-electron chi connectivity index (χ0n) is 10.1. The fourth-order valence-corrected chi connectivity index (χ4v) is 1.96. The summed E-state index contributed by atoms with van der Waals surface area (Å²) < 4.78 is 1.77. The van der Waals surface area contributed by atoms with E-state index in [0.29, 0.717) is 5.56 Å². The molecule has 0 bridgehead atoms. The molecule has 18 heavy (non-hydrogen) atoms. The zero-order valence-corrected chi connectivity index (χ0v) is 10.8. The van der Waals surface area contributed by atoms with Gasteiger partial charge in [0.25, 0.3) is 5.25 Å². The quantitative estimate of drug-likeness (QED) is 0.658. The number of nitrogens with zero attached hydrogens (tertiary/aromatic N) is 3. The van der Waals surface area contributed by atoms with Gasteiger partial charge in [-0.05, 0) is 32.0 Å². The van der Waals surface area contributed by atoms with E-state index in [0.717, 1.165) is 5.69 Å². The van der Waals surface area contributed by atoms with Crippen molar-refractivity contribution in [3.8, 4) is 11.3 Å². The minimum Gasteiger partial charge on any atom is -0.348 e. The lowest BCUT2D eigenvalue weighted by molar-refractivity contribution is -0.0930. The van der Waals surface area contributed by atoms with Gasteiger partial charge in [-0.25, -0.2) is 0 Å². The number of hydrogen-bond acceptors (Lipinski definition) is 4. The normalized spacial score (nSPS) is 12.1. The number of rotatable bonds is 3. The van der Waals surface area contributed by atoms with E-state index in [1.54, 1.807) is 29.1 Å². The minimum atomic E-state index is -2.50. The van der Waals surface area contributed by atoms with Gasteiger partial charge in [0.2, 0.25) is 0 Å². The Kier molecular flexibility index (Phi) is 3.38. The second-order valence-electron chi connectivity index (χ2n) is 4.24. The number of alkyl halides is 1. The summed E-state index contributed by atoms with van der Waals surface area (Å²) in [4.78, 5) is 3.93. The van der Waals surface area contributed by atoms with Crippen LogP contribution in [0, 0.1) is 0 Å². The van der Waals surface area contributed by atoms with Crippen LogP contribution >= 0.6 is 11.6 Å². The molecule has 2 rings (SSSR count). The van der Waals surface area contributed by atoms with Crippen LogP contribution in [0.4, 0.5) is 0 Å². The molecule has 0 spiro atoms. The summed E-state index contributed by atoms with van der Waals surface area (Å²) in [6, 6.07) is 5.36. The number of hydrogen-bond donors (Lipinski definition) is 2. The number of pyridine rings is 1. The molecule has 6 heteroatoms. The Morgan fingerprint density at radius 1 is 1.28 bits per heavy atom. The Morgan fingerprint density at radius 3 is 2.61 bits per heavy atom. The van der Waals surface area contributed by atoms with Gasteiger partial charge in [-0.2, -0.15) is 5.10 Å². The lowest BCUT2D eigenvalue weighted by Gasteiger charge is -2.18. The van der Waals surface area contributed by atoms with E-state index in [-0.39, 0.29) is 11.7 Å². The monoisotopic (exact) mass is 267 g/mol. The first kappa shape index (κ1) is 13.0. The average Bonchev–Trinajstić information content (AvgIpc) is 2.76. The third-order valence-corrected chi connectivity index (χ3v) is 2.72. The first-order chi connectivity index (χ1) is 8.41. The number of halogens is 1. The third-order valence-electron chi connectivity index (χ3n) is 2.54. The Morgan fingerprint density at radius 2 is 2.00 bits per heavy atom. The molecule has 0 aliphatic rings. The first-order valence-electron chi connectivity index (χ1n) is 5.54. The predicted octanol–water partition coefficient (Wildman–Crippen LogP) is 1.86. The van der Waals surface area contributed by atoms with Crippen molar-refractivity contribution in [3.63, 3.8) is 0 Å². The van der Waals surface area contributed by atoms with Gasteiger partial charge >= 0.3 is 0 Å². The second-order valence-corrected chi connectivity index (χ2v) is 4.77. The fourth-order valence-electron chi connectivity index (χ4n) is 1.80. The molecule has 2 aromatic heterocycles. The lowest BCUT2D eigenvalue weighted by Crippen LogP contribution is -2.20. The molecule has 2 aromatic rings. The molecule has 0 aromatic carbocycles. The van der Waals surface area contributed by atoms with Crippen LogP contribution in [-0.2, 0) is 5.25 Å². The molecule has 0 amide bonds. The first-order valence-corrected chi connectivity index (χ1v) is 5.92. The Hall–Kier alpha value is -1.43. The fraction of sp³-hybridized carbons (Fsp3) is 0.333. The van der Waals surface area contributed by atoms with Crippen molar-refractivity contribution in [2.75, 3.05) is 0 Å². The maximum Gasteiger partial charge on any atom is 0.289 e. The summed E-state index contributed by atoms with van der Waals surface area (Å²) >= 11 is 5.53. The van der Waals surface area contributed by atoms with Crippen molar-refractivity contribution >= 4 is 11.6 Å². The van der Waals surface area contributed by atoms with Crippen molar-refractivity contribution in [2.45, 2.75) is 25.1 Å². The van der Waals surface area contributed by atoms with Crippen LogP contribution in [-0.4, -0.2) is 25.0 Å². The van der Waals surface area contributed by atoms with Crippen LogP contribution in [0.25, 0.3) is 11.3 Å². The van der Waals surface area contributed by atoms with E-state index >= 15 is 0 Å². The van der Waals surface area contributed by atoms with E-state index in [9.17, 15) is 10.2 Å². The highest BCUT2D eigenvalue weighted by Gasteiger charge is 2.29. The Balaban J connectivity index is 2.61. The molecule has 0 saturated heterocycles. The summed E-state index contributed by atoms with van der Waals surface area (Å²) in [5, 5.41) is 20.8. The SMILES string of the molecule is CC(C)n1nccc1-c1cccnc1C(O)(O)Cl. The topological polar surface area (TPSA) is 71.2 Å². The van der Waals surface area contributed by atoms with Gasteiger partial charge < -0.3 is 10.2 Å². The van der Waals surface area contributed by atoms with Crippen LogP contribution in [0.15, 0.2) is 30.6 Å². The van der Waals surface area contributed by atoms with Gasteiger partial charge in [0, 0.05) is 24.0 Å². The maximum atomic E-state index is 9.53. The van der Waals surface area contributed by atoms with Crippen LogP contribution in [0.2, 0.25) is 0 Å². The summed E-state index contributed by atoms with van der Waals surface area (Å²) in [5.41, 5.74) is 1.28. The largest absolute Gasteiger partial charge is 0.348 e. The molecular weight excluding hydrogens is 254 g/mol. The molecule has 5 nitrogen and oxygen atoms in total. The summed E-state index contributed by atoms with van der Waals surface area (Å²) in [6.07, 6.45) is 3.11. The number of aliphatic hydroxyl groups is 2. The Labute approximate surface area is 110 Å². The summed E-state index contributed by atoms with van der Waals surface area (Å²) in [5.74, 6) is 0. The molecule has 0 aliphatic carbocycles. The van der Waals surface area contributed by atoms with E-state index < -0.39 is 5.25 Å². The molecule has 0 atom stereocenters. The molecule has 0 radical (unpaired) electrons. The molecule has 0 saturated carbocycles. The van der Waals surface area contributed by atoms with Gasteiger partial charge in [0.15, 0.2) is 0 Å². The van der Waals surface area contributed by atoms with E-state index in [1.165, 1.54) is 6.20 Å². The van der Waals surface area contributed by atoms with Gasteiger partial charge in [-0.3, -0.25) is 9.67 Å². The van der Waals surface area contributed by atoms with Crippen molar-refractivity contribution in [2.24, 2.45) is 0 Å². The average molecular weight is 268 g/mol. The van der Waals surface area contributed by atoms with Crippen LogP contribution in [0.3, 0.4) is 0 Å². The highest BCUT2D eigenvalue weighted by molar-refractivity contribution is 6.21. The lowest BCUT2D eigenvalue weighted by atomic mass is 10.1. The van der Waals surface area contributed by atoms with Gasteiger partial charge in [-0.15, -0.1) is 0 Å². The molecule has 0 fully saturated rings. The maximum absolute atomic E-state index is 9.53. The predicted molar refractivity (Wildman–Crippen MR) is 67.8 cm³/mol.